The number of aliphatic carboxylic acids is 1. The largest absolute Gasteiger partial charge is 0.481 e. The van der Waals surface area contributed by atoms with Crippen molar-refractivity contribution in [2.45, 2.75) is 46.5 Å². The molecule has 2 unspecified atom stereocenters. The zero-order valence-electron chi connectivity index (χ0n) is 11.5. The van der Waals surface area contributed by atoms with E-state index in [1.807, 2.05) is 26.0 Å². The van der Waals surface area contributed by atoms with Gasteiger partial charge in [0.2, 0.25) is 0 Å². The van der Waals surface area contributed by atoms with Crippen molar-refractivity contribution in [1.82, 2.24) is 0 Å². The van der Waals surface area contributed by atoms with Crippen molar-refractivity contribution in [1.29, 1.82) is 0 Å². The summed E-state index contributed by atoms with van der Waals surface area (Å²) in [5.41, 5.74) is 0. The lowest BCUT2D eigenvalue weighted by molar-refractivity contribution is -0.148. The van der Waals surface area contributed by atoms with E-state index in [-0.39, 0.29) is 17.8 Å². The SMILES string of the molecule is CCOC(=O)C(CC)CC=CCC(CC)C(=O)O. The Morgan fingerprint density at radius 2 is 1.56 bits per heavy atom. The van der Waals surface area contributed by atoms with Gasteiger partial charge in [0, 0.05) is 0 Å². The highest BCUT2D eigenvalue weighted by Crippen LogP contribution is 2.14. The molecule has 0 bridgehead atoms. The second kappa shape index (κ2) is 9.68. The van der Waals surface area contributed by atoms with E-state index in [0.29, 0.717) is 25.9 Å². The van der Waals surface area contributed by atoms with Crippen LogP contribution >= 0.6 is 0 Å². The van der Waals surface area contributed by atoms with Crippen LogP contribution in [0.5, 0.6) is 0 Å². The number of hydrogen-bond donors (Lipinski definition) is 1. The van der Waals surface area contributed by atoms with Crippen LogP contribution in [-0.4, -0.2) is 23.7 Å². The first kappa shape index (κ1) is 16.7. The molecular weight excluding hydrogens is 232 g/mol. The summed E-state index contributed by atoms with van der Waals surface area (Å²) in [4.78, 5) is 22.3. The Morgan fingerprint density at radius 3 is 1.94 bits per heavy atom. The van der Waals surface area contributed by atoms with E-state index in [9.17, 15) is 9.59 Å². The first-order valence-corrected chi connectivity index (χ1v) is 6.61. The molecule has 0 fully saturated rings. The minimum Gasteiger partial charge on any atom is -0.481 e. The van der Waals surface area contributed by atoms with Crippen LogP contribution in [0.15, 0.2) is 12.2 Å². The monoisotopic (exact) mass is 256 g/mol. The quantitative estimate of drug-likeness (QED) is 0.509. The molecule has 4 nitrogen and oxygen atoms in total. The van der Waals surface area contributed by atoms with Crippen LogP contribution < -0.4 is 0 Å². The summed E-state index contributed by atoms with van der Waals surface area (Å²) >= 11 is 0. The summed E-state index contributed by atoms with van der Waals surface area (Å²) in [6.45, 7) is 6.00. The average molecular weight is 256 g/mol. The second-order valence-electron chi connectivity index (χ2n) is 4.24. The summed E-state index contributed by atoms with van der Waals surface area (Å²) in [5, 5.41) is 8.88. The molecular formula is C14H24O4. The molecule has 0 heterocycles. The summed E-state index contributed by atoms with van der Waals surface area (Å²) in [5.74, 6) is -1.38. The molecule has 0 aromatic rings. The smallest absolute Gasteiger partial charge is 0.309 e. The number of esters is 1. The predicted octanol–water partition coefficient (Wildman–Crippen LogP) is 3.02. The highest BCUT2D eigenvalue weighted by atomic mass is 16.5. The van der Waals surface area contributed by atoms with Crippen molar-refractivity contribution in [3.05, 3.63) is 12.2 Å². The Labute approximate surface area is 109 Å². The molecule has 0 saturated heterocycles. The van der Waals surface area contributed by atoms with Gasteiger partial charge in [-0.05, 0) is 32.6 Å². The van der Waals surface area contributed by atoms with Gasteiger partial charge in [-0.3, -0.25) is 9.59 Å². The molecule has 0 saturated carbocycles. The Morgan fingerprint density at radius 1 is 1.06 bits per heavy atom. The van der Waals surface area contributed by atoms with Gasteiger partial charge in [0.1, 0.15) is 0 Å². The van der Waals surface area contributed by atoms with E-state index < -0.39 is 5.97 Å². The van der Waals surface area contributed by atoms with Gasteiger partial charge in [-0.2, -0.15) is 0 Å². The van der Waals surface area contributed by atoms with Crippen molar-refractivity contribution in [3.63, 3.8) is 0 Å². The van der Waals surface area contributed by atoms with Crippen molar-refractivity contribution in [2.24, 2.45) is 11.8 Å². The van der Waals surface area contributed by atoms with E-state index in [4.69, 9.17) is 9.84 Å². The third-order valence-corrected chi connectivity index (χ3v) is 2.96. The van der Waals surface area contributed by atoms with Crippen LogP contribution in [0.1, 0.15) is 46.5 Å². The molecule has 0 rings (SSSR count). The number of carboxylic acids is 1. The molecule has 0 aliphatic rings. The van der Waals surface area contributed by atoms with E-state index in [0.717, 1.165) is 6.42 Å². The number of rotatable bonds is 9. The van der Waals surface area contributed by atoms with Crippen LogP contribution in [0.2, 0.25) is 0 Å². The van der Waals surface area contributed by atoms with Gasteiger partial charge >= 0.3 is 11.9 Å². The number of carbonyl (C=O) groups is 2. The maximum atomic E-state index is 11.5. The second-order valence-corrected chi connectivity index (χ2v) is 4.24. The van der Waals surface area contributed by atoms with Crippen molar-refractivity contribution >= 4 is 11.9 Å². The van der Waals surface area contributed by atoms with E-state index in [2.05, 4.69) is 0 Å². The molecule has 18 heavy (non-hydrogen) atoms. The third kappa shape index (κ3) is 6.42. The number of hydrogen-bond acceptors (Lipinski definition) is 3. The Hall–Kier alpha value is -1.32. The van der Waals surface area contributed by atoms with Crippen LogP contribution in [0.25, 0.3) is 0 Å². The Balaban J connectivity index is 4.12. The third-order valence-electron chi connectivity index (χ3n) is 2.96. The first-order chi connectivity index (χ1) is 8.56. The van der Waals surface area contributed by atoms with E-state index in [1.165, 1.54) is 0 Å². The van der Waals surface area contributed by atoms with E-state index in [1.54, 1.807) is 6.92 Å². The summed E-state index contributed by atoms with van der Waals surface area (Å²) < 4.78 is 4.97. The molecule has 0 spiro atoms. The fraction of sp³-hybridized carbons (Fsp3) is 0.714. The van der Waals surface area contributed by atoms with Crippen molar-refractivity contribution in [2.75, 3.05) is 6.61 Å². The molecule has 0 amide bonds. The molecule has 4 heteroatoms. The summed E-state index contributed by atoms with van der Waals surface area (Å²) in [7, 11) is 0. The standard InChI is InChI=1S/C14H24O4/c1-4-11(13(15)16)9-7-8-10-12(5-2)14(17)18-6-3/h7-8,11-12H,4-6,9-10H2,1-3H3,(H,15,16). The highest BCUT2D eigenvalue weighted by molar-refractivity contribution is 5.72. The Bertz CT molecular complexity index is 284. The van der Waals surface area contributed by atoms with Gasteiger partial charge < -0.3 is 9.84 Å². The lowest BCUT2D eigenvalue weighted by Gasteiger charge is -2.11. The van der Waals surface area contributed by atoms with Gasteiger partial charge in [0.25, 0.3) is 0 Å². The predicted molar refractivity (Wildman–Crippen MR) is 70.2 cm³/mol. The maximum absolute atomic E-state index is 11.5. The normalized spacial score (nSPS) is 14.4. The number of allylic oxidation sites excluding steroid dienone is 2. The van der Waals surface area contributed by atoms with Gasteiger partial charge in [0.05, 0.1) is 18.4 Å². The number of ether oxygens (including phenoxy) is 1. The van der Waals surface area contributed by atoms with Crippen LogP contribution in [-0.2, 0) is 14.3 Å². The fourth-order valence-corrected chi connectivity index (χ4v) is 1.65. The van der Waals surface area contributed by atoms with Crippen molar-refractivity contribution in [3.8, 4) is 0 Å². The lowest BCUT2D eigenvalue weighted by Crippen LogP contribution is -2.16. The summed E-state index contributed by atoms with van der Waals surface area (Å²) in [6, 6.07) is 0. The molecule has 2 atom stereocenters. The van der Waals surface area contributed by atoms with Crippen LogP contribution in [0, 0.1) is 11.8 Å². The molecule has 0 radical (unpaired) electrons. The van der Waals surface area contributed by atoms with Crippen LogP contribution in [0.4, 0.5) is 0 Å². The van der Waals surface area contributed by atoms with Gasteiger partial charge in [-0.15, -0.1) is 0 Å². The Kier molecular flexibility index (Phi) is 8.97. The fourth-order valence-electron chi connectivity index (χ4n) is 1.65. The minimum atomic E-state index is -0.764. The topological polar surface area (TPSA) is 63.6 Å². The van der Waals surface area contributed by atoms with Gasteiger partial charge in [-0.25, -0.2) is 0 Å². The molecule has 0 aliphatic heterocycles. The molecule has 0 aromatic heterocycles. The highest BCUT2D eigenvalue weighted by Gasteiger charge is 2.16. The lowest BCUT2D eigenvalue weighted by atomic mass is 9.99. The maximum Gasteiger partial charge on any atom is 0.309 e. The number of carbonyl (C=O) groups excluding carboxylic acids is 1. The van der Waals surface area contributed by atoms with Gasteiger partial charge in [-0.1, -0.05) is 26.0 Å². The molecule has 104 valence electrons. The first-order valence-electron chi connectivity index (χ1n) is 6.61. The summed E-state index contributed by atoms with van der Waals surface area (Å²) in [6.07, 6.45) is 6.23. The zero-order valence-corrected chi connectivity index (χ0v) is 11.5. The molecule has 0 aliphatic carbocycles. The molecule has 1 N–H and O–H groups in total. The average Bonchev–Trinajstić information content (AvgIpc) is 2.33. The van der Waals surface area contributed by atoms with Gasteiger partial charge in [0.15, 0.2) is 0 Å². The van der Waals surface area contributed by atoms with Crippen molar-refractivity contribution < 1.29 is 19.4 Å². The minimum absolute atomic E-state index is 0.119. The molecule has 0 aromatic carbocycles. The van der Waals surface area contributed by atoms with E-state index >= 15 is 0 Å². The van der Waals surface area contributed by atoms with Crippen LogP contribution in [0.3, 0.4) is 0 Å². The zero-order chi connectivity index (χ0) is 14.0. The number of carboxylic acid groups (broad SMARTS) is 1.